The zero-order valence-electron chi connectivity index (χ0n) is 12.5. The van der Waals surface area contributed by atoms with E-state index in [-0.39, 0.29) is 11.5 Å². The molecule has 1 amide bonds. The minimum atomic E-state index is -4.38. The van der Waals surface area contributed by atoms with Crippen LogP contribution in [0.1, 0.15) is 35.2 Å². The van der Waals surface area contributed by atoms with Gasteiger partial charge in [-0.25, -0.2) is 4.98 Å². The molecule has 0 aliphatic rings. The van der Waals surface area contributed by atoms with Gasteiger partial charge in [-0.2, -0.15) is 13.2 Å². The maximum Gasteiger partial charge on any atom is 0.416 e. The van der Waals surface area contributed by atoms with Gasteiger partial charge in [0.15, 0.2) is 0 Å². The van der Waals surface area contributed by atoms with Crippen LogP contribution in [0, 0.1) is 0 Å². The molecule has 0 bridgehead atoms. The van der Waals surface area contributed by atoms with Gasteiger partial charge in [0.25, 0.3) is 5.91 Å². The van der Waals surface area contributed by atoms with Crippen molar-refractivity contribution >= 4 is 5.91 Å². The summed E-state index contributed by atoms with van der Waals surface area (Å²) in [6.45, 7) is 1.39. The molecule has 0 saturated carbocycles. The molecular formula is C16H18F3N3O. The van der Waals surface area contributed by atoms with E-state index < -0.39 is 11.7 Å². The fourth-order valence-corrected chi connectivity index (χ4v) is 2.13. The van der Waals surface area contributed by atoms with Gasteiger partial charge in [-0.05, 0) is 43.5 Å². The summed E-state index contributed by atoms with van der Waals surface area (Å²) in [5, 5.41) is 2.71. The van der Waals surface area contributed by atoms with Crippen molar-refractivity contribution in [3.8, 4) is 0 Å². The van der Waals surface area contributed by atoms with Gasteiger partial charge in [-0.3, -0.25) is 4.79 Å². The summed E-state index contributed by atoms with van der Waals surface area (Å²) in [5.74, 6) is -0.353. The molecule has 0 spiro atoms. The molecule has 0 aliphatic carbocycles. The van der Waals surface area contributed by atoms with Crippen LogP contribution in [0.25, 0.3) is 0 Å². The van der Waals surface area contributed by atoms with Gasteiger partial charge in [-0.1, -0.05) is 0 Å². The average molecular weight is 325 g/mol. The number of alkyl halides is 3. The van der Waals surface area contributed by atoms with Crippen molar-refractivity contribution in [1.82, 2.24) is 14.9 Å². The quantitative estimate of drug-likeness (QED) is 0.792. The molecule has 0 atom stereocenters. The first-order valence-corrected chi connectivity index (χ1v) is 7.38. The Morgan fingerprint density at radius 2 is 1.87 bits per heavy atom. The summed E-state index contributed by atoms with van der Waals surface area (Å²) in [5.41, 5.74) is -0.523. The van der Waals surface area contributed by atoms with Crippen molar-refractivity contribution in [3.63, 3.8) is 0 Å². The number of nitrogens with one attached hydrogen (secondary N) is 1. The predicted octanol–water partition coefficient (Wildman–Crippen LogP) is 3.50. The fourth-order valence-electron chi connectivity index (χ4n) is 2.13. The first-order chi connectivity index (χ1) is 11.0. The zero-order chi connectivity index (χ0) is 16.7. The molecule has 1 aromatic heterocycles. The number of benzene rings is 1. The summed E-state index contributed by atoms with van der Waals surface area (Å²) >= 11 is 0. The number of carbonyl (C=O) groups is 1. The van der Waals surface area contributed by atoms with Crippen LogP contribution in [0.15, 0.2) is 43.0 Å². The number of aromatic nitrogens is 2. The van der Waals surface area contributed by atoms with E-state index in [9.17, 15) is 18.0 Å². The molecule has 1 heterocycles. The molecule has 124 valence electrons. The zero-order valence-corrected chi connectivity index (χ0v) is 12.5. The van der Waals surface area contributed by atoms with Gasteiger partial charge >= 0.3 is 6.18 Å². The highest BCUT2D eigenvalue weighted by molar-refractivity contribution is 5.94. The standard InChI is InChI=1S/C16H18F3N3O/c17-16(18,19)14-6-4-13(5-7-14)15(23)21-8-2-1-3-10-22-11-9-20-12-22/h4-7,9,11-12H,1-3,8,10H2,(H,21,23). The number of halogens is 3. The highest BCUT2D eigenvalue weighted by Crippen LogP contribution is 2.29. The van der Waals surface area contributed by atoms with Crippen LogP contribution in [-0.4, -0.2) is 22.0 Å². The highest BCUT2D eigenvalue weighted by atomic mass is 19.4. The maximum atomic E-state index is 12.4. The second-order valence-corrected chi connectivity index (χ2v) is 5.19. The third kappa shape index (κ3) is 5.43. The van der Waals surface area contributed by atoms with E-state index in [0.29, 0.717) is 6.54 Å². The summed E-state index contributed by atoms with van der Waals surface area (Å²) in [6, 6.07) is 4.22. The summed E-state index contributed by atoms with van der Waals surface area (Å²) in [4.78, 5) is 15.8. The van der Waals surface area contributed by atoms with Gasteiger partial charge in [0.1, 0.15) is 0 Å². The smallest absolute Gasteiger partial charge is 0.352 e. The lowest BCUT2D eigenvalue weighted by Crippen LogP contribution is -2.24. The monoisotopic (exact) mass is 325 g/mol. The topological polar surface area (TPSA) is 46.9 Å². The summed E-state index contributed by atoms with van der Waals surface area (Å²) in [7, 11) is 0. The van der Waals surface area contributed by atoms with E-state index in [2.05, 4.69) is 10.3 Å². The lowest BCUT2D eigenvalue weighted by molar-refractivity contribution is -0.137. The molecule has 0 radical (unpaired) electrons. The highest BCUT2D eigenvalue weighted by Gasteiger charge is 2.30. The lowest BCUT2D eigenvalue weighted by Gasteiger charge is -2.08. The Bertz CT molecular complexity index is 607. The first kappa shape index (κ1) is 17.1. The SMILES string of the molecule is O=C(NCCCCCn1ccnc1)c1ccc(C(F)(F)F)cc1. The predicted molar refractivity (Wildman–Crippen MR) is 79.9 cm³/mol. The van der Waals surface area contributed by atoms with Crippen LogP contribution in [-0.2, 0) is 12.7 Å². The fraction of sp³-hybridized carbons (Fsp3) is 0.375. The van der Waals surface area contributed by atoms with Gasteiger partial charge < -0.3 is 9.88 Å². The second kappa shape index (κ2) is 7.80. The van der Waals surface area contributed by atoms with Crippen LogP contribution in [0.5, 0.6) is 0 Å². The molecule has 0 unspecified atom stereocenters. The average Bonchev–Trinajstić information content (AvgIpc) is 3.03. The molecule has 0 saturated heterocycles. The number of nitrogens with zero attached hydrogens (tertiary/aromatic N) is 2. The molecule has 1 N–H and O–H groups in total. The van der Waals surface area contributed by atoms with Crippen LogP contribution in [0.3, 0.4) is 0 Å². The second-order valence-electron chi connectivity index (χ2n) is 5.19. The number of imidazole rings is 1. The molecule has 7 heteroatoms. The van der Waals surface area contributed by atoms with E-state index >= 15 is 0 Å². The van der Waals surface area contributed by atoms with E-state index in [1.807, 2.05) is 10.8 Å². The lowest BCUT2D eigenvalue weighted by atomic mass is 10.1. The molecule has 1 aromatic carbocycles. The Morgan fingerprint density at radius 3 is 2.48 bits per heavy atom. The van der Waals surface area contributed by atoms with Crippen LogP contribution >= 0.6 is 0 Å². The van der Waals surface area contributed by atoms with Crippen molar-refractivity contribution < 1.29 is 18.0 Å². The largest absolute Gasteiger partial charge is 0.416 e. The Hall–Kier alpha value is -2.31. The Balaban J connectivity index is 1.66. The maximum absolute atomic E-state index is 12.4. The molecule has 23 heavy (non-hydrogen) atoms. The van der Waals surface area contributed by atoms with Gasteiger partial charge in [0, 0.05) is 31.0 Å². The molecular weight excluding hydrogens is 307 g/mol. The van der Waals surface area contributed by atoms with Crippen molar-refractivity contribution in [2.45, 2.75) is 32.0 Å². The van der Waals surface area contributed by atoms with Crippen molar-refractivity contribution in [3.05, 3.63) is 54.1 Å². The van der Waals surface area contributed by atoms with Crippen LogP contribution < -0.4 is 5.32 Å². The van der Waals surface area contributed by atoms with Gasteiger partial charge in [0.2, 0.25) is 0 Å². The third-order valence-corrected chi connectivity index (χ3v) is 3.41. The minimum absolute atomic E-state index is 0.233. The van der Waals surface area contributed by atoms with Crippen molar-refractivity contribution in [2.75, 3.05) is 6.54 Å². The van der Waals surface area contributed by atoms with E-state index in [0.717, 1.165) is 37.9 Å². The minimum Gasteiger partial charge on any atom is -0.352 e. The number of amides is 1. The Kier molecular flexibility index (Phi) is 5.78. The number of rotatable bonds is 7. The van der Waals surface area contributed by atoms with Gasteiger partial charge in [0.05, 0.1) is 11.9 Å². The molecule has 4 nitrogen and oxygen atoms in total. The van der Waals surface area contributed by atoms with Crippen molar-refractivity contribution in [2.24, 2.45) is 0 Å². The van der Waals surface area contributed by atoms with Crippen LogP contribution in [0.4, 0.5) is 13.2 Å². The van der Waals surface area contributed by atoms with Crippen molar-refractivity contribution in [1.29, 1.82) is 0 Å². The van der Waals surface area contributed by atoms with E-state index in [4.69, 9.17) is 0 Å². The normalized spacial score (nSPS) is 11.4. The number of unbranched alkanes of at least 4 members (excludes halogenated alkanes) is 2. The Labute approximate surface area is 132 Å². The number of hydrogen-bond donors (Lipinski definition) is 1. The van der Waals surface area contributed by atoms with Gasteiger partial charge in [-0.15, -0.1) is 0 Å². The Morgan fingerprint density at radius 1 is 1.13 bits per heavy atom. The number of aryl methyl sites for hydroxylation is 1. The molecule has 2 rings (SSSR count). The first-order valence-electron chi connectivity index (χ1n) is 7.38. The van der Waals surface area contributed by atoms with Crippen LogP contribution in [0.2, 0.25) is 0 Å². The third-order valence-electron chi connectivity index (χ3n) is 3.41. The number of carbonyl (C=O) groups excluding carboxylic acids is 1. The van der Waals surface area contributed by atoms with E-state index in [1.54, 1.807) is 12.5 Å². The summed E-state index contributed by atoms with van der Waals surface area (Å²) < 4.78 is 39.3. The molecule has 2 aromatic rings. The molecule has 0 fully saturated rings. The molecule has 0 aliphatic heterocycles. The number of hydrogen-bond acceptors (Lipinski definition) is 2. The van der Waals surface area contributed by atoms with E-state index in [1.165, 1.54) is 12.1 Å². The summed E-state index contributed by atoms with van der Waals surface area (Å²) in [6.07, 6.45) is 3.74.